The largest absolute Gasteiger partial charge is 0.449 e. The molecule has 0 aromatic heterocycles. The molecule has 0 saturated carbocycles. The molecule has 5 heteroatoms. The standard InChI is InChI=1S/C17H16ClNO3/c1-11-6-8-13(9-7-11)17(21)22-12(2)16(20)19-15-5-3-4-14(18)10-15/h3-10,12H,1-2H3,(H,19,20). The molecule has 0 radical (unpaired) electrons. The molecule has 0 aliphatic heterocycles. The topological polar surface area (TPSA) is 55.4 Å². The molecule has 0 aliphatic carbocycles. The maximum atomic E-state index is 12.0. The van der Waals surface area contributed by atoms with Crippen molar-refractivity contribution in [1.29, 1.82) is 0 Å². The van der Waals surface area contributed by atoms with Crippen LogP contribution in [0.4, 0.5) is 5.69 Å². The van der Waals surface area contributed by atoms with E-state index in [-0.39, 0.29) is 0 Å². The van der Waals surface area contributed by atoms with Crippen molar-refractivity contribution in [3.8, 4) is 0 Å². The molecule has 2 rings (SSSR count). The first-order chi connectivity index (χ1) is 10.5. The van der Waals surface area contributed by atoms with E-state index in [1.54, 1.807) is 36.4 Å². The number of hydrogen-bond acceptors (Lipinski definition) is 3. The second-order valence-electron chi connectivity index (χ2n) is 4.91. The SMILES string of the molecule is Cc1ccc(C(=O)OC(C)C(=O)Nc2cccc(Cl)c2)cc1. The van der Waals surface area contributed by atoms with E-state index in [9.17, 15) is 9.59 Å². The Morgan fingerprint density at radius 3 is 2.45 bits per heavy atom. The molecule has 4 nitrogen and oxygen atoms in total. The molecule has 1 atom stereocenters. The molecule has 114 valence electrons. The number of hydrogen-bond donors (Lipinski definition) is 1. The Labute approximate surface area is 134 Å². The Morgan fingerprint density at radius 1 is 1.14 bits per heavy atom. The molecule has 2 aromatic rings. The first kappa shape index (κ1) is 16.0. The van der Waals surface area contributed by atoms with E-state index in [0.717, 1.165) is 5.56 Å². The molecule has 0 heterocycles. The highest BCUT2D eigenvalue weighted by Crippen LogP contribution is 2.15. The van der Waals surface area contributed by atoms with Gasteiger partial charge in [-0.2, -0.15) is 0 Å². The van der Waals surface area contributed by atoms with Crippen LogP contribution in [0, 0.1) is 6.92 Å². The van der Waals surface area contributed by atoms with Crippen molar-refractivity contribution in [3.05, 3.63) is 64.7 Å². The summed E-state index contributed by atoms with van der Waals surface area (Å²) in [6, 6.07) is 13.7. The van der Waals surface area contributed by atoms with Crippen LogP contribution in [0.1, 0.15) is 22.8 Å². The number of esters is 1. The molecule has 1 amide bonds. The molecule has 22 heavy (non-hydrogen) atoms. The van der Waals surface area contributed by atoms with Gasteiger partial charge in [-0.05, 0) is 44.2 Å². The molecule has 0 aliphatic rings. The van der Waals surface area contributed by atoms with Crippen molar-refractivity contribution in [3.63, 3.8) is 0 Å². The van der Waals surface area contributed by atoms with Gasteiger partial charge < -0.3 is 10.1 Å². The number of nitrogens with one attached hydrogen (secondary N) is 1. The summed E-state index contributed by atoms with van der Waals surface area (Å²) in [5.74, 6) is -0.948. The fourth-order valence-electron chi connectivity index (χ4n) is 1.78. The summed E-state index contributed by atoms with van der Waals surface area (Å²) in [6.07, 6.45) is -0.909. The fraction of sp³-hybridized carbons (Fsp3) is 0.176. The van der Waals surface area contributed by atoms with Gasteiger partial charge in [0.2, 0.25) is 0 Å². The van der Waals surface area contributed by atoms with Crippen molar-refractivity contribution in [2.45, 2.75) is 20.0 Å². The van der Waals surface area contributed by atoms with Crippen LogP contribution < -0.4 is 5.32 Å². The van der Waals surface area contributed by atoms with Crippen LogP contribution in [0.2, 0.25) is 5.02 Å². The summed E-state index contributed by atoms with van der Waals surface area (Å²) in [4.78, 5) is 24.0. The van der Waals surface area contributed by atoms with Crippen molar-refractivity contribution in [2.75, 3.05) is 5.32 Å². The summed E-state index contributed by atoms with van der Waals surface area (Å²) < 4.78 is 5.16. The van der Waals surface area contributed by atoms with Crippen molar-refractivity contribution < 1.29 is 14.3 Å². The molecule has 0 spiro atoms. The fourth-order valence-corrected chi connectivity index (χ4v) is 1.97. The van der Waals surface area contributed by atoms with Crippen LogP contribution in [-0.4, -0.2) is 18.0 Å². The summed E-state index contributed by atoms with van der Waals surface area (Å²) in [7, 11) is 0. The van der Waals surface area contributed by atoms with Crippen LogP contribution in [-0.2, 0) is 9.53 Å². The number of ether oxygens (including phenoxy) is 1. The Hall–Kier alpha value is -2.33. The average molecular weight is 318 g/mol. The molecule has 0 saturated heterocycles. The minimum atomic E-state index is -0.909. The number of anilines is 1. The Balaban J connectivity index is 1.96. The van der Waals surface area contributed by atoms with Crippen LogP contribution in [0.15, 0.2) is 48.5 Å². The normalized spacial score (nSPS) is 11.6. The molecular weight excluding hydrogens is 302 g/mol. The van der Waals surface area contributed by atoms with Gasteiger partial charge in [-0.1, -0.05) is 35.4 Å². The van der Waals surface area contributed by atoms with Gasteiger partial charge in [0.25, 0.3) is 5.91 Å². The number of rotatable bonds is 4. The average Bonchev–Trinajstić information content (AvgIpc) is 2.47. The van der Waals surface area contributed by atoms with Gasteiger partial charge in [-0.3, -0.25) is 4.79 Å². The summed E-state index contributed by atoms with van der Waals surface area (Å²) in [6.45, 7) is 3.45. The van der Waals surface area contributed by atoms with E-state index >= 15 is 0 Å². The molecule has 2 aromatic carbocycles. The summed E-state index contributed by atoms with van der Waals surface area (Å²) in [5.41, 5.74) is 2.01. The maximum absolute atomic E-state index is 12.0. The first-order valence-electron chi connectivity index (χ1n) is 6.80. The van der Waals surface area contributed by atoms with Crippen LogP contribution in [0.25, 0.3) is 0 Å². The lowest BCUT2D eigenvalue weighted by Gasteiger charge is -2.13. The molecule has 1 N–H and O–H groups in total. The lowest BCUT2D eigenvalue weighted by Crippen LogP contribution is -2.30. The van der Waals surface area contributed by atoms with E-state index in [1.165, 1.54) is 6.92 Å². The highest BCUT2D eigenvalue weighted by atomic mass is 35.5. The number of carbonyl (C=O) groups excluding carboxylic acids is 2. The van der Waals surface area contributed by atoms with E-state index in [4.69, 9.17) is 16.3 Å². The Morgan fingerprint density at radius 2 is 1.82 bits per heavy atom. The smallest absolute Gasteiger partial charge is 0.338 e. The number of benzene rings is 2. The zero-order chi connectivity index (χ0) is 16.1. The Bertz CT molecular complexity index is 683. The van der Waals surface area contributed by atoms with Gasteiger partial charge in [0, 0.05) is 10.7 Å². The molecule has 0 fully saturated rings. The van der Waals surface area contributed by atoms with Crippen LogP contribution >= 0.6 is 11.6 Å². The van der Waals surface area contributed by atoms with Gasteiger partial charge in [0.15, 0.2) is 6.10 Å². The zero-order valence-electron chi connectivity index (χ0n) is 12.3. The highest BCUT2D eigenvalue weighted by molar-refractivity contribution is 6.30. The zero-order valence-corrected chi connectivity index (χ0v) is 13.1. The third-order valence-corrected chi connectivity index (χ3v) is 3.27. The molecule has 1 unspecified atom stereocenters. The second-order valence-corrected chi connectivity index (χ2v) is 5.35. The number of aryl methyl sites for hydroxylation is 1. The van der Waals surface area contributed by atoms with E-state index < -0.39 is 18.0 Å². The van der Waals surface area contributed by atoms with Crippen LogP contribution in [0.3, 0.4) is 0 Å². The van der Waals surface area contributed by atoms with Crippen molar-refractivity contribution in [1.82, 2.24) is 0 Å². The van der Waals surface area contributed by atoms with E-state index in [2.05, 4.69) is 5.32 Å². The monoisotopic (exact) mass is 317 g/mol. The first-order valence-corrected chi connectivity index (χ1v) is 7.17. The van der Waals surface area contributed by atoms with Gasteiger partial charge in [-0.15, -0.1) is 0 Å². The highest BCUT2D eigenvalue weighted by Gasteiger charge is 2.19. The van der Waals surface area contributed by atoms with E-state index in [0.29, 0.717) is 16.3 Å². The number of halogens is 1. The number of carbonyl (C=O) groups is 2. The lowest BCUT2D eigenvalue weighted by molar-refractivity contribution is -0.123. The minimum absolute atomic E-state index is 0.410. The van der Waals surface area contributed by atoms with Gasteiger partial charge >= 0.3 is 5.97 Å². The lowest BCUT2D eigenvalue weighted by atomic mass is 10.1. The minimum Gasteiger partial charge on any atom is -0.449 e. The third kappa shape index (κ3) is 4.33. The van der Waals surface area contributed by atoms with Crippen LogP contribution in [0.5, 0.6) is 0 Å². The predicted octanol–water partition coefficient (Wildman–Crippen LogP) is 3.83. The molecule has 0 bridgehead atoms. The maximum Gasteiger partial charge on any atom is 0.338 e. The van der Waals surface area contributed by atoms with Gasteiger partial charge in [0.05, 0.1) is 5.56 Å². The second kappa shape index (κ2) is 7.09. The van der Waals surface area contributed by atoms with E-state index in [1.807, 2.05) is 19.1 Å². The third-order valence-electron chi connectivity index (χ3n) is 3.03. The molecular formula is C17H16ClNO3. The predicted molar refractivity (Wildman–Crippen MR) is 86.1 cm³/mol. The summed E-state index contributed by atoms with van der Waals surface area (Å²) in [5, 5.41) is 3.16. The van der Waals surface area contributed by atoms with Gasteiger partial charge in [-0.25, -0.2) is 4.79 Å². The quantitative estimate of drug-likeness (QED) is 0.872. The summed E-state index contributed by atoms with van der Waals surface area (Å²) >= 11 is 5.85. The number of amides is 1. The van der Waals surface area contributed by atoms with Crippen molar-refractivity contribution >= 4 is 29.2 Å². The van der Waals surface area contributed by atoms with Gasteiger partial charge in [0.1, 0.15) is 0 Å². The Kier molecular flexibility index (Phi) is 5.17. The van der Waals surface area contributed by atoms with Crippen molar-refractivity contribution in [2.24, 2.45) is 0 Å².